The van der Waals surface area contributed by atoms with Crippen molar-refractivity contribution in [2.45, 2.75) is 27.2 Å². The molecule has 21 heavy (non-hydrogen) atoms. The van der Waals surface area contributed by atoms with E-state index >= 15 is 0 Å². The van der Waals surface area contributed by atoms with E-state index in [0.29, 0.717) is 23.3 Å². The lowest BCUT2D eigenvalue weighted by molar-refractivity contribution is 0.0954. The van der Waals surface area contributed by atoms with Gasteiger partial charge in [-0.15, -0.1) is 0 Å². The van der Waals surface area contributed by atoms with Gasteiger partial charge in [0, 0.05) is 17.2 Å². The van der Waals surface area contributed by atoms with E-state index in [1.165, 1.54) is 6.42 Å². The standard InChI is InChI=1S/C18H22N2O/c1-12(16-14-9-10-15(11-14)18(16,2)3)19-20-17(21)13-7-5-4-6-8-13/h4-10,14-16H,11H2,1-3H3,(H,20,21)/b19-12-/t14-,15+,16-/m1/s1. The third-order valence-corrected chi connectivity index (χ3v) is 5.12. The topological polar surface area (TPSA) is 41.5 Å². The van der Waals surface area contributed by atoms with Crippen LogP contribution in [0.5, 0.6) is 0 Å². The minimum Gasteiger partial charge on any atom is -0.267 e. The van der Waals surface area contributed by atoms with E-state index < -0.39 is 0 Å². The SMILES string of the molecule is C/C(=N/NC(=O)c1ccccc1)[C@@H]1[C@@H]2C=C[C@@H](C2)C1(C)C. The third kappa shape index (κ3) is 2.41. The highest BCUT2D eigenvalue weighted by atomic mass is 16.2. The van der Waals surface area contributed by atoms with Gasteiger partial charge < -0.3 is 0 Å². The Kier molecular flexibility index (Phi) is 3.44. The number of fused-ring (bicyclic) bond motifs is 2. The Morgan fingerprint density at radius 3 is 2.57 bits per heavy atom. The summed E-state index contributed by atoms with van der Waals surface area (Å²) in [6, 6.07) is 9.20. The molecule has 0 aliphatic heterocycles. The van der Waals surface area contributed by atoms with Gasteiger partial charge in [-0.05, 0) is 42.7 Å². The Bertz CT molecular complexity index is 601. The van der Waals surface area contributed by atoms with Crippen LogP contribution in [0, 0.1) is 23.2 Å². The van der Waals surface area contributed by atoms with Crippen molar-refractivity contribution in [2.24, 2.45) is 28.3 Å². The van der Waals surface area contributed by atoms with Gasteiger partial charge in [0.2, 0.25) is 0 Å². The van der Waals surface area contributed by atoms with Crippen molar-refractivity contribution in [1.82, 2.24) is 5.43 Å². The summed E-state index contributed by atoms with van der Waals surface area (Å²) in [5.41, 5.74) is 4.59. The number of allylic oxidation sites excluding steroid dienone is 2. The first-order valence-electron chi connectivity index (χ1n) is 7.58. The quantitative estimate of drug-likeness (QED) is 0.513. The molecule has 1 amide bonds. The van der Waals surface area contributed by atoms with Crippen LogP contribution in [-0.2, 0) is 0 Å². The largest absolute Gasteiger partial charge is 0.271 e. The average molecular weight is 282 g/mol. The molecule has 2 aliphatic carbocycles. The molecule has 3 heteroatoms. The molecule has 0 unspecified atom stereocenters. The van der Waals surface area contributed by atoms with Crippen LogP contribution in [0.1, 0.15) is 37.6 Å². The molecule has 1 aromatic carbocycles. The molecule has 110 valence electrons. The lowest BCUT2D eigenvalue weighted by Gasteiger charge is -2.35. The summed E-state index contributed by atoms with van der Waals surface area (Å²) in [6.45, 7) is 6.65. The zero-order valence-corrected chi connectivity index (χ0v) is 12.8. The fourth-order valence-corrected chi connectivity index (χ4v) is 4.02. The van der Waals surface area contributed by atoms with Gasteiger partial charge >= 0.3 is 0 Å². The summed E-state index contributed by atoms with van der Waals surface area (Å²) in [5.74, 6) is 1.49. The third-order valence-electron chi connectivity index (χ3n) is 5.12. The Morgan fingerprint density at radius 2 is 1.95 bits per heavy atom. The summed E-state index contributed by atoms with van der Waals surface area (Å²) in [5, 5.41) is 4.38. The molecule has 0 radical (unpaired) electrons. The van der Waals surface area contributed by atoms with E-state index in [-0.39, 0.29) is 11.3 Å². The summed E-state index contributed by atoms with van der Waals surface area (Å²) in [7, 11) is 0. The average Bonchev–Trinajstić information content (AvgIpc) is 3.04. The number of amides is 1. The van der Waals surface area contributed by atoms with Crippen molar-refractivity contribution in [2.75, 3.05) is 0 Å². The number of hydrazone groups is 1. The van der Waals surface area contributed by atoms with Gasteiger partial charge in [-0.1, -0.05) is 44.2 Å². The van der Waals surface area contributed by atoms with E-state index in [2.05, 4.69) is 36.5 Å². The van der Waals surface area contributed by atoms with Crippen LogP contribution < -0.4 is 5.43 Å². The van der Waals surface area contributed by atoms with Gasteiger partial charge in [0.25, 0.3) is 5.91 Å². The molecule has 1 N–H and O–H groups in total. The Balaban J connectivity index is 1.73. The number of carbonyl (C=O) groups is 1. The lowest BCUT2D eigenvalue weighted by atomic mass is 9.69. The van der Waals surface area contributed by atoms with Crippen LogP contribution in [0.4, 0.5) is 0 Å². The van der Waals surface area contributed by atoms with E-state index in [9.17, 15) is 4.79 Å². The predicted molar refractivity (Wildman–Crippen MR) is 85.0 cm³/mol. The van der Waals surface area contributed by atoms with Gasteiger partial charge in [-0.3, -0.25) is 4.79 Å². The number of carbonyl (C=O) groups excluding carboxylic acids is 1. The number of rotatable bonds is 3. The fourth-order valence-electron chi connectivity index (χ4n) is 4.02. The van der Waals surface area contributed by atoms with E-state index in [0.717, 1.165) is 5.71 Å². The number of hydrogen-bond acceptors (Lipinski definition) is 2. The number of nitrogens with zero attached hydrogens (tertiary/aromatic N) is 1. The van der Waals surface area contributed by atoms with Crippen molar-refractivity contribution >= 4 is 11.6 Å². The summed E-state index contributed by atoms with van der Waals surface area (Å²) in [4.78, 5) is 12.1. The van der Waals surface area contributed by atoms with Crippen LogP contribution in [0.3, 0.4) is 0 Å². The van der Waals surface area contributed by atoms with Gasteiger partial charge in [-0.2, -0.15) is 5.10 Å². The molecule has 0 heterocycles. The molecule has 2 aliphatic rings. The minimum absolute atomic E-state index is 0.147. The molecule has 1 aromatic rings. The summed E-state index contributed by atoms with van der Waals surface area (Å²) in [6.07, 6.45) is 5.88. The first-order valence-corrected chi connectivity index (χ1v) is 7.58. The number of benzene rings is 1. The second kappa shape index (κ2) is 5.14. The molecule has 3 rings (SSSR count). The molecule has 0 aromatic heterocycles. The lowest BCUT2D eigenvalue weighted by Crippen LogP contribution is -2.34. The molecule has 3 atom stereocenters. The Morgan fingerprint density at radius 1 is 1.24 bits per heavy atom. The van der Waals surface area contributed by atoms with Crippen LogP contribution in [0.15, 0.2) is 47.6 Å². The van der Waals surface area contributed by atoms with Gasteiger partial charge in [0.1, 0.15) is 0 Å². The zero-order valence-electron chi connectivity index (χ0n) is 12.8. The highest BCUT2D eigenvalue weighted by Gasteiger charge is 2.51. The molecular formula is C18H22N2O. The highest BCUT2D eigenvalue weighted by Crippen LogP contribution is 2.56. The molecule has 0 saturated heterocycles. The highest BCUT2D eigenvalue weighted by molar-refractivity contribution is 5.95. The van der Waals surface area contributed by atoms with Gasteiger partial charge in [-0.25, -0.2) is 5.43 Å². The van der Waals surface area contributed by atoms with Crippen LogP contribution in [0.25, 0.3) is 0 Å². The first-order chi connectivity index (χ1) is 10.00. The van der Waals surface area contributed by atoms with Crippen LogP contribution in [-0.4, -0.2) is 11.6 Å². The maximum atomic E-state index is 12.1. The van der Waals surface area contributed by atoms with Gasteiger partial charge in [0.15, 0.2) is 0 Å². The Labute approximate surface area is 126 Å². The molecular weight excluding hydrogens is 260 g/mol. The summed E-state index contributed by atoms with van der Waals surface area (Å²) < 4.78 is 0. The molecule has 1 saturated carbocycles. The van der Waals surface area contributed by atoms with Crippen LogP contribution >= 0.6 is 0 Å². The summed E-state index contributed by atoms with van der Waals surface area (Å²) >= 11 is 0. The van der Waals surface area contributed by atoms with E-state index in [4.69, 9.17) is 0 Å². The fraction of sp³-hybridized carbons (Fsp3) is 0.444. The second-order valence-electron chi connectivity index (χ2n) is 6.75. The minimum atomic E-state index is -0.147. The Hall–Kier alpha value is -1.90. The molecule has 1 fully saturated rings. The van der Waals surface area contributed by atoms with E-state index in [1.54, 1.807) is 12.1 Å². The van der Waals surface area contributed by atoms with Crippen molar-refractivity contribution in [3.63, 3.8) is 0 Å². The maximum absolute atomic E-state index is 12.1. The predicted octanol–water partition coefficient (Wildman–Crippen LogP) is 3.64. The van der Waals surface area contributed by atoms with E-state index in [1.807, 2.05) is 25.1 Å². The molecule has 3 nitrogen and oxygen atoms in total. The smallest absolute Gasteiger partial charge is 0.267 e. The van der Waals surface area contributed by atoms with Gasteiger partial charge in [0.05, 0.1) is 0 Å². The maximum Gasteiger partial charge on any atom is 0.271 e. The number of nitrogens with one attached hydrogen (secondary N) is 1. The van der Waals surface area contributed by atoms with Crippen LogP contribution in [0.2, 0.25) is 0 Å². The molecule has 0 spiro atoms. The normalized spacial score (nSPS) is 29.7. The number of hydrogen-bond donors (Lipinski definition) is 1. The van der Waals surface area contributed by atoms with Crippen molar-refractivity contribution in [3.05, 3.63) is 48.0 Å². The zero-order chi connectivity index (χ0) is 15.0. The van der Waals surface area contributed by atoms with Crippen molar-refractivity contribution < 1.29 is 4.79 Å². The van der Waals surface area contributed by atoms with Crippen molar-refractivity contribution in [1.29, 1.82) is 0 Å². The monoisotopic (exact) mass is 282 g/mol. The first kappa shape index (κ1) is 14.1. The van der Waals surface area contributed by atoms with Crippen molar-refractivity contribution in [3.8, 4) is 0 Å². The second-order valence-corrected chi connectivity index (χ2v) is 6.75. The molecule has 2 bridgehead atoms.